The zero-order valence-electron chi connectivity index (χ0n) is 12.9. The Hall–Kier alpha value is -0.890. The highest BCUT2D eigenvalue weighted by molar-refractivity contribution is 5.19. The molecule has 106 valence electrons. The van der Waals surface area contributed by atoms with Gasteiger partial charge >= 0.3 is 0 Å². The number of aryl methyl sites for hydroxylation is 1. The summed E-state index contributed by atoms with van der Waals surface area (Å²) in [5.41, 5.74) is 3.12. The maximum atomic E-state index is 4.53. The molecule has 0 spiro atoms. The molecule has 0 radical (unpaired) electrons. The first-order chi connectivity index (χ1) is 9.02. The molecule has 1 saturated carbocycles. The largest absolute Gasteiger partial charge is 0.308 e. The molecule has 1 N–H and O–H groups in total. The highest BCUT2D eigenvalue weighted by atomic mass is 14.9. The Bertz CT molecular complexity index is 411. The van der Waals surface area contributed by atoms with Crippen molar-refractivity contribution in [3.63, 3.8) is 0 Å². The smallest absolute Gasteiger partial charge is 0.0573 e. The van der Waals surface area contributed by atoms with Gasteiger partial charge in [0, 0.05) is 18.8 Å². The molecule has 2 nitrogen and oxygen atoms in total. The number of pyridine rings is 1. The van der Waals surface area contributed by atoms with E-state index in [9.17, 15) is 0 Å². The Morgan fingerprint density at radius 2 is 2.21 bits per heavy atom. The molecule has 1 heterocycles. The Kier molecular flexibility index (Phi) is 4.62. The van der Waals surface area contributed by atoms with E-state index in [1.165, 1.54) is 30.5 Å². The normalized spacial score (nSPS) is 26.3. The summed E-state index contributed by atoms with van der Waals surface area (Å²) < 4.78 is 0. The Balaban J connectivity index is 1.92. The fourth-order valence-electron chi connectivity index (χ4n) is 3.43. The first-order valence-electron chi connectivity index (χ1n) is 7.68. The summed E-state index contributed by atoms with van der Waals surface area (Å²) in [7, 11) is 0. The van der Waals surface area contributed by atoms with Crippen molar-refractivity contribution in [2.24, 2.45) is 11.3 Å². The Morgan fingerprint density at radius 3 is 2.89 bits per heavy atom. The first kappa shape index (κ1) is 14.5. The van der Waals surface area contributed by atoms with Crippen molar-refractivity contribution in [2.45, 2.75) is 66.0 Å². The third-order valence-corrected chi connectivity index (χ3v) is 4.59. The van der Waals surface area contributed by atoms with E-state index in [1.807, 2.05) is 12.3 Å². The lowest BCUT2D eigenvalue weighted by Gasteiger charge is -2.39. The van der Waals surface area contributed by atoms with Crippen LogP contribution in [0.15, 0.2) is 18.3 Å². The summed E-state index contributed by atoms with van der Waals surface area (Å²) >= 11 is 0. The van der Waals surface area contributed by atoms with Gasteiger partial charge < -0.3 is 5.32 Å². The predicted molar refractivity (Wildman–Crippen MR) is 81.0 cm³/mol. The van der Waals surface area contributed by atoms with Crippen molar-refractivity contribution < 1.29 is 0 Å². The summed E-state index contributed by atoms with van der Waals surface area (Å²) in [4.78, 5) is 4.53. The lowest BCUT2D eigenvalue weighted by atomic mass is 9.70. The molecule has 0 bridgehead atoms. The molecular weight excluding hydrogens is 232 g/mol. The summed E-state index contributed by atoms with van der Waals surface area (Å²) in [6.45, 7) is 10.3. The highest BCUT2D eigenvalue weighted by Gasteiger charge is 2.31. The van der Waals surface area contributed by atoms with Crippen LogP contribution in [0.2, 0.25) is 0 Å². The Labute approximate surface area is 118 Å². The second kappa shape index (κ2) is 6.04. The number of hydrogen-bond acceptors (Lipinski definition) is 2. The van der Waals surface area contributed by atoms with Crippen LogP contribution in [0.1, 0.15) is 58.2 Å². The standard InChI is InChI=1S/C17H28N2/c1-5-14-7-6-10-18-16(14)12-19-15-8-9-17(3,4)11-13(15)2/h6-7,10,13,15,19H,5,8-9,11-12H2,1-4H3. The molecule has 2 rings (SSSR count). The van der Waals surface area contributed by atoms with Crippen LogP contribution in [-0.2, 0) is 13.0 Å². The van der Waals surface area contributed by atoms with Crippen molar-refractivity contribution in [1.29, 1.82) is 0 Å². The van der Waals surface area contributed by atoms with Crippen LogP contribution < -0.4 is 5.32 Å². The quantitative estimate of drug-likeness (QED) is 0.886. The number of nitrogens with zero attached hydrogens (tertiary/aromatic N) is 1. The zero-order chi connectivity index (χ0) is 13.9. The van der Waals surface area contributed by atoms with Gasteiger partial charge in [0.2, 0.25) is 0 Å². The van der Waals surface area contributed by atoms with E-state index >= 15 is 0 Å². The average molecular weight is 260 g/mol. The van der Waals surface area contributed by atoms with Crippen molar-refractivity contribution in [2.75, 3.05) is 0 Å². The maximum absolute atomic E-state index is 4.53. The fourth-order valence-corrected chi connectivity index (χ4v) is 3.43. The van der Waals surface area contributed by atoms with Crippen molar-refractivity contribution >= 4 is 0 Å². The van der Waals surface area contributed by atoms with E-state index in [2.05, 4.69) is 44.1 Å². The molecule has 0 amide bonds. The topological polar surface area (TPSA) is 24.9 Å². The summed E-state index contributed by atoms with van der Waals surface area (Å²) in [5, 5.41) is 3.74. The third kappa shape index (κ3) is 3.79. The van der Waals surface area contributed by atoms with Gasteiger partial charge in [0.05, 0.1) is 5.69 Å². The van der Waals surface area contributed by atoms with Crippen LogP contribution in [0, 0.1) is 11.3 Å². The predicted octanol–water partition coefficient (Wildman–Crippen LogP) is 3.95. The fraction of sp³-hybridized carbons (Fsp3) is 0.706. The molecular formula is C17H28N2. The van der Waals surface area contributed by atoms with Crippen molar-refractivity contribution in [1.82, 2.24) is 10.3 Å². The van der Waals surface area contributed by atoms with Crippen LogP contribution in [0.25, 0.3) is 0 Å². The second-order valence-corrected chi connectivity index (χ2v) is 6.83. The minimum Gasteiger partial charge on any atom is -0.308 e. The van der Waals surface area contributed by atoms with E-state index < -0.39 is 0 Å². The minimum atomic E-state index is 0.525. The van der Waals surface area contributed by atoms with Gasteiger partial charge in [-0.2, -0.15) is 0 Å². The van der Waals surface area contributed by atoms with Gasteiger partial charge in [0.1, 0.15) is 0 Å². The van der Waals surface area contributed by atoms with Gasteiger partial charge in [-0.05, 0) is 48.6 Å². The maximum Gasteiger partial charge on any atom is 0.0573 e. The summed E-state index contributed by atoms with van der Waals surface area (Å²) in [5.74, 6) is 0.762. The number of nitrogens with one attached hydrogen (secondary N) is 1. The van der Waals surface area contributed by atoms with Crippen LogP contribution in [-0.4, -0.2) is 11.0 Å². The molecule has 1 fully saturated rings. The lowest BCUT2D eigenvalue weighted by Crippen LogP contribution is -2.41. The van der Waals surface area contributed by atoms with Crippen LogP contribution in [0.5, 0.6) is 0 Å². The van der Waals surface area contributed by atoms with Gasteiger partial charge in [-0.15, -0.1) is 0 Å². The third-order valence-electron chi connectivity index (χ3n) is 4.59. The molecule has 0 saturated heterocycles. The summed E-state index contributed by atoms with van der Waals surface area (Å²) in [6.07, 6.45) is 6.93. The molecule has 1 aromatic rings. The molecule has 0 aliphatic heterocycles. The highest BCUT2D eigenvalue weighted by Crippen LogP contribution is 2.38. The van der Waals surface area contributed by atoms with Crippen LogP contribution in [0.4, 0.5) is 0 Å². The van der Waals surface area contributed by atoms with Crippen molar-refractivity contribution in [3.8, 4) is 0 Å². The van der Waals surface area contributed by atoms with E-state index in [4.69, 9.17) is 0 Å². The van der Waals surface area contributed by atoms with Crippen LogP contribution in [0.3, 0.4) is 0 Å². The molecule has 19 heavy (non-hydrogen) atoms. The van der Waals surface area contributed by atoms with E-state index in [1.54, 1.807) is 0 Å². The molecule has 2 heteroatoms. The number of hydrogen-bond donors (Lipinski definition) is 1. The summed E-state index contributed by atoms with van der Waals surface area (Å²) in [6, 6.07) is 4.88. The number of rotatable bonds is 4. The van der Waals surface area contributed by atoms with E-state index in [0.717, 1.165) is 18.9 Å². The molecule has 2 unspecified atom stereocenters. The van der Waals surface area contributed by atoms with E-state index in [-0.39, 0.29) is 0 Å². The number of aromatic nitrogens is 1. The minimum absolute atomic E-state index is 0.525. The molecule has 1 aliphatic carbocycles. The average Bonchev–Trinajstić information content (AvgIpc) is 2.37. The molecule has 1 aromatic heterocycles. The molecule has 0 aromatic carbocycles. The van der Waals surface area contributed by atoms with E-state index in [0.29, 0.717) is 11.5 Å². The SMILES string of the molecule is CCc1cccnc1CNC1CCC(C)(C)CC1C. The molecule has 2 atom stereocenters. The van der Waals surface area contributed by atoms with Gasteiger partial charge in [0.15, 0.2) is 0 Å². The van der Waals surface area contributed by atoms with Gasteiger partial charge in [-0.3, -0.25) is 4.98 Å². The second-order valence-electron chi connectivity index (χ2n) is 6.83. The first-order valence-corrected chi connectivity index (χ1v) is 7.68. The van der Waals surface area contributed by atoms with Gasteiger partial charge in [-0.25, -0.2) is 0 Å². The van der Waals surface area contributed by atoms with Crippen LogP contribution >= 0.6 is 0 Å². The van der Waals surface area contributed by atoms with Gasteiger partial charge in [0.25, 0.3) is 0 Å². The Morgan fingerprint density at radius 1 is 1.42 bits per heavy atom. The lowest BCUT2D eigenvalue weighted by molar-refractivity contribution is 0.148. The van der Waals surface area contributed by atoms with Gasteiger partial charge in [-0.1, -0.05) is 33.8 Å². The van der Waals surface area contributed by atoms with Crippen molar-refractivity contribution in [3.05, 3.63) is 29.6 Å². The zero-order valence-corrected chi connectivity index (χ0v) is 12.9. The monoisotopic (exact) mass is 260 g/mol. The molecule has 1 aliphatic rings.